The number of rotatable bonds is 5. The summed E-state index contributed by atoms with van der Waals surface area (Å²) in [5.41, 5.74) is 5.96. The van der Waals surface area contributed by atoms with E-state index in [0.717, 1.165) is 18.5 Å². The van der Waals surface area contributed by atoms with Gasteiger partial charge in [-0.2, -0.15) is 4.98 Å². The van der Waals surface area contributed by atoms with Crippen molar-refractivity contribution >= 4 is 23.8 Å². The molecule has 1 aromatic carbocycles. The van der Waals surface area contributed by atoms with Gasteiger partial charge in [0.25, 0.3) is 0 Å². The summed E-state index contributed by atoms with van der Waals surface area (Å²) >= 11 is 0. The van der Waals surface area contributed by atoms with Crippen molar-refractivity contribution < 1.29 is 9.90 Å². The number of carboxylic acid groups (broad SMARTS) is 1. The van der Waals surface area contributed by atoms with Crippen molar-refractivity contribution in [3.63, 3.8) is 0 Å². The van der Waals surface area contributed by atoms with Gasteiger partial charge in [-0.3, -0.25) is 4.79 Å². The first-order valence-electron chi connectivity index (χ1n) is 8.38. The third-order valence-corrected chi connectivity index (χ3v) is 4.60. The van der Waals surface area contributed by atoms with Crippen molar-refractivity contribution in [3.05, 3.63) is 54.2 Å². The second-order valence-corrected chi connectivity index (χ2v) is 6.41. The second kappa shape index (κ2) is 7.34. The van der Waals surface area contributed by atoms with Gasteiger partial charge in [0.15, 0.2) is 0 Å². The average Bonchev–Trinajstić information content (AvgIpc) is 2.63. The van der Waals surface area contributed by atoms with Crippen molar-refractivity contribution in [1.82, 2.24) is 9.97 Å². The number of allylic oxidation sites excluding steroid dienone is 1. The van der Waals surface area contributed by atoms with Crippen LogP contribution < -0.4 is 10.6 Å². The number of aromatic nitrogens is 2. The smallest absolute Gasteiger partial charge is 0.311 e. The maximum Gasteiger partial charge on any atom is 0.311 e. The highest BCUT2D eigenvalue weighted by Crippen LogP contribution is 2.35. The molecule has 1 atom stereocenters. The number of hydrogen-bond acceptors (Lipinski definition) is 5. The van der Waals surface area contributed by atoms with Crippen molar-refractivity contribution in [2.24, 2.45) is 5.41 Å². The molecule has 3 rings (SSSR count). The summed E-state index contributed by atoms with van der Waals surface area (Å²) in [7, 11) is 0. The van der Waals surface area contributed by atoms with Gasteiger partial charge in [-0.1, -0.05) is 42.5 Å². The fourth-order valence-corrected chi connectivity index (χ4v) is 3.23. The monoisotopic (exact) mass is 338 g/mol. The molecule has 130 valence electrons. The van der Waals surface area contributed by atoms with E-state index in [1.54, 1.807) is 12.3 Å². The van der Waals surface area contributed by atoms with Crippen LogP contribution in [0.3, 0.4) is 0 Å². The first-order valence-corrected chi connectivity index (χ1v) is 8.38. The Morgan fingerprint density at radius 3 is 2.84 bits per heavy atom. The van der Waals surface area contributed by atoms with Gasteiger partial charge in [0, 0.05) is 19.3 Å². The fraction of sp³-hybridized carbons (Fsp3) is 0.316. The van der Waals surface area contributed by atoms with Gasteiger partial charge in [-0.05, 0) is 30.9 Å². The molecule has 2 aromatic rings. The van der Waals surface area contributed by atoms with Crippen LogP contribution in [0.15, 0.2) is 48.7 Å². The van der Waals surface area contributed by atoms with Crippen molar-refractivity contribution in [2.45, 2.75) is 19.3 Å². The molecule has 0 saturated carbocycles. The number of carbonyl (C=O) groups is 1. The minimum Gasteiger partial charge on any atom is -0.481 e. The Morgan fingerprint density at radius 2 is 2.12 bits per heavy atom. The number of nitrogens with two attached hydrogens (primary N) is 1. The van der Waals surface area contributed by atoms with Crippen LogP contribution in [0.2, 0.25) is 0 Å². The van der Waals surface area contributed by atoms with E-state index in [4.69, 9.17) is 5.73 Å². The molecule has 0 spiro atoms. The summed E-state index contributed by atoms with van der Waals surface area (Å²) in [4.78, 5) is 22.4. The molecule has 6 nitrogen and oxygen atoms in total. The van der Waals surface area contributed by atoms with Crippen LogP contribution in [-0.2, 0) is 4.79 Å². The quantitative estimate of drug-likeness (QED) is 0.871. The van der Waals surface area contributed by atoms with Crippen molar-refractivity contribution in [2.75, 3.05) is 23.7 Å². The summed E-state index contributed by atoms with van der Waals surface area (Å²) in [5.74, 6) is 0.108. The van der Waals surface area contributed by atoms with E-state index in [-0.39, 0.29) is 0 Å². The summed E-state index contributed by atoms with van der Waals surface area (Å²) in [6, 6.07) is 11.5. The van der Waals surface area contributed by atoms with Crippen molar-refractivity contribution in [3.8, 4) is 0 Å². The van der Waals surface area contributed by atoms with Crippen molar-refractivity contribution in [1.29, 1.82) is 0 Å². The molecule has 1 unspecified atom stereocenters. The largest absolute Gasteiger partial charge is 0.481 e. The maximum atomic E-state index is 12.0. The number of aliphatic carboxylic acids is 1. The van der Waals surface area contributed by atoms with Gasteiger partial charge in [0.2, 0.25) is 5.95 Å². The zero-order chi connectivity index (χ0) is 17.7. The van der Waals surface area contributed by atoms with E-state index in [9.17, 15) is 9.90 Å². The van der Waals surface area contributed by atoms with E-state index in [2.05, 4.69) is 9.97 Å². The number of benzene rings is 1. The zero-order valence-electron chi connectivity index (χ0n) is 14.0. The SMILES string of the molecule is Nc1ccnc(N2CCCC(CC=Cc3ccccc3)(C(=O)O)C2)n1. The lowest BCUT2D eigenvalue weighted by atomic mass is 9.77. The molecule has 25 heavy (non-hydrogen) atoms. The highest BCUT2D eigenvalue weighted by atomic mass is 16.4. The molecule has 0 aliphatic carbocycles. The molecule has 3 N–H and O–H groups in total. The molecule has 0 bridgehead atoms. The summed E-state index contributed by atoms with van der Waals surface area (Å²) < 4.78 is 0. The van der Waals surface area contributed by atoms with Crippen LogP contribution in [0.4, 0.5) is 11.8 Å². The van der Waals surface area contributed by atoms with Crippen LogP contribution in [0.5, 0.6) is 0 Å². The lowest BCUT2D eigenvalue weighted by molar-refractivity contribution is -0.149. The molecule has 6 heteroatoms. The highest BCUT2D eigenvalue weighted by Gasteiger charge is 2.42. The maximum absolute atomic E-state index is 12.0. The number of hydrogen-bond donors (Lipinski definition) is 2. The molecular formula is C19H22N4O2. The van der Waals surface area contributed by atoms with Crippen LogP contribution in [-0.4, -0.2) is 34.1 Å². The third kappa shape index (κ3) is 3.96. The minimum absolute atomic E-state index is 0.380. The number of piperidine rings is 1. The van der Waals surface area contributed by atoms with E-state index in [1.807, 2.05) is 47.4 Å². The minimum atomic E-state index is -0.836. The summed E-state index contributed by atoms with van der Waals surface area (Å²) in [5, 5.41) is 9.88. The van der Waals surface area contributed by atoms with Gasteiger partial charge in [-0.25, -0.2) is 4.98 Å². The number of anilines is 2. The molecule has 1 saturated heterocycles. The average molecular weight is 338 g/mol. The molecule has 1 aliphatic heterocycles. The molecule has 2 heterocycles. The normalized spacial score (nSPS) is 20.7. The fourth-order valence-electron chi connectivity index (χ4n) is 3.23. The van der Waals surface area contributed by atoms with Gasteiger partial charge in [-0.15, -0.1) is 0 Å². The lowest BCUT2D eigenvalue weighted by Gasteiger charge is -2.39. The van der Waals surface area contributed by atoms with E-state index in [1.165, 1.54) is 0 Å². The Hall–Kier alpha value is -2.89. The number of nitrogen functional groups attached to an aromatic ring is 1. The second-order valence-electron chi connectivity index (χ2n) is 6.41. The van der Waals surface area contributed by atoms with Gasteiger partial charge in [0.1, 0.15) is 5.82 Å². The Balaban J connectivity index is 1.77. The van der Waals surface area contributed by atoms with Gasteiger partial charge >= 0.3 is 5.97 Å². The van der Waals surface area contributed by atoms with Gasteiger partial charge < -0.3 is 15.7 Å². The van der Waals surface area contributed by atoms with Crippen LogP contribution in [0.1, 0.15) is 24.8 Å². The Kier molecular flexibility index (Phi) is 4.97. The molecule has 1 aliphatic rings. The Bertz CT molecular complexity index is 763. The number of nitrogens with zero attached hydrogens (tertiary/aromatic N) is 3. The lowest BCUT2D eigenvalue weighted by Crippen LogP contribution is -2.48. The molecule has 0 amide bonds. The van der Waals surface area contributed by atoms with Crippen LogP contribution in [0.25, 0.3) is 6.08 Å². The van der Waals surface area contributed by atoms with Crippen LogP contribution >= 0.6 is 0 Å². The topological polar surface area (TPSA) is 92.3 Å². The summed E-state index contributed by atoms with van der Waals surface area (Å²) in [6.07, 6.45) is 7.41. The van der Waals surface area contributed by atoms with Gasteiger partial charge in [0.05, 0.1) is 5.41 Å². The first-order chi connectivity index (χ1) is 12.1. The predicted molar refractivity (Wildman–Crippen MR) is 98.1 cm³/mol. The molecule has 0 radical (unpaired) electrons. The predicted octanol–water partition coefficient (Wildman–Crippen LogP) is 2.83. The van der Waals surface area contributed by atoms with Crippen LogP contribution in [0, 0.1) is 5.41 Å². The van der Waals surface area contributed by atoms with E-state index in [0.29, 0.717) is 31.2 Å². The van der Waals surface area contributed by atoms with E-state index < -0.39 is 11.4 Å². The standard InChI is InChI=1S/C19H22N4O2/c20-16-9-12-21-18(22-16)23-13-5-11-19(14-23,17(24)25)10-4-8-15-6-2-1-3-7-15/h1-4,6-9,12H,5,10-11,13-14H2,(H,24,25)(H2,20,21,22). The molecule has 1 fully saturated rings. The zero-order valence-corrected chi connectivity index (χ0v) is 14.0. The summed E-state index contributed by atoms with van der Waals surface area (Å²) in [6.45, 7) is 1.12. The molecular weight excluding hydrogens is 316 g/mol. The Labute approximate surface area is 147 Å². The Morgan fingerprint density at radius 1 is 1.32 bits per heavy atom. The number of carboxylic acids is 1. The third-order valence-electron chi connectivity index (χ3n) is 4.60. The van der Waals surface area contributed by atoms with E-state index >= 15 is 0 Å². The highest BCUT2D eigenvalue weighted by molar-refractivity contribution is 5.76. The first kappa shape index (κ1) is 17.0. The molecule has 1 aromatic heterocycles.